The molecule has 0 bridgehead atoms. The van der Waals surface area contributed by atoms with Gasteiger partial charge in [-0.3, -0.25) is 0 Å². The summed E-state index contributed by atoms with van der Waals surface area (Å²) in [6.07, 6.45) is 4.60. The second-order valence-electron chi connectivity index (χ2n) is 6.49. The molecule has 2 heterocycles. The normalized spacial score (nSPS) is 19.8. The van der Waals surface area contributed by atoms with E-state index in [0.717, 1.165) is 44.7 Å². The molecule has 0 atom stereocenters. The van der Waals surface area contributed by atoms with Crippen LogP contribution < -0.4 is 9.64 Å². The van der Waals surface area contributed by atoms with Gasteiger partial charge < -0.3 is 19.3 Å². The summed E-state index contributed by atoms with van der Waals surface area (Å²) < 4.78 is 11.1. The van der Waals surface area contributed by atoms with Gasteiger partial charge in [0.05, 0.1) is 7.11 Å². The molecule has 0 radical (unpaired) electrons. The molecule has 2 aliphatic rings. The number of piperidine rings is 1. The Morgan fingerprint density at radius 3 is 2.48 bits per heavy atom. The fraction of sp³-hybridized carbons (Fsp3) is 0.611. The second-order valence-corrected chi connectivity index (χ2v) is 6.49. The third kappa shape index (κ3) is 3.78. The van der Waals surface area contributed by atoms with E-state index in [1.54, 1.807) is 0 Å². The monoisotopic (exact) mass is 318 g/mol. The van der Waals surface area contributed by atoms with E-state index in [-0.39, 0.29) is 12.1 Å². The summed E-state index contributed by atoms with van der Waals surface area (Å²) in [6, 6.07) is 5.85. The Labute approximate surface area is 138 Å². The number of hydrogen-bond acceptors (Lipinski definition) is 5. The minimum Gasteiger partial charge on any atom is -0.489 e. The van der Waals surface area contributed by atoms with E-state index >= 15 is 0 Å². The highest BCUT2D eigenvalue weighted by atomic mass is 16.5. The highest BCUT2D eigenvalue weighted by Crippen LogP contribution is 2.30. The molecule has 2 saturated heterocycles. The molecule has 0 saturated carbocycles. The molecule has 2 fully saturated rings. The summed E-state index contributed by atoms with van der Waals surface area (Å²) in [6.45, 7) is 4.21. The van der Waals surface area contributed by atoms with Crippen molar-refractivity contribution >= 4 is 11.7 Å². The maximum Gasteiger partial charge on any atom is 0.341 e. The minimum atomic E-state index is -0.333. The Morgan fingerprint density at radius 1 is 1.13 bits per heavy atom. The molecule has 3 rings (SSSR count). The first-order valence-corrected chi connectivity index (χ1v) is 8.50. The van der Waals surface area contributed by atoms with Gasteiger partial charge in [0.2, 0.25) is 0 Å². The van der Waals surface area contributed by atoms with Gasteiger partial charge in [-0.15, -0.1) is 0 Å². The van der Waals surface area contributed by atoms with Crippen LogP contribution in [0.4, 0.5) is 5.69 Å². The number of carbonyl (C=O) groups excluding carboxylic acids is 1. The summed E-state index contributed by atoms with van der Waals surface area (Å²) in [5.74, 6) is 0.330. The van der Waals surface area contributed by atoms with Gasteiger partial charge in [-0.05, 0) is 44.9 Å². The van der Waals surface area contributed by atoms with Crippen LogP contribution >= 0.6 is 0 Å². The Balaban J connectivity index is 1.81. The number of esters is 1. The lowest BCUT2D eigenvalue weighted by atomic mass is 10.1. The molecule has 0 unspecified atom stereocenters. The van der Waals surface area contributed by atoms with Crippen LogP contribution in [0.2, 0.25) is 0 Å². The molecular formula is C18H26N2O3. The van der Waals surface area contributed by atoms with E-state index in [0.29, 0.717) is 11.3 Å². The van der Waals surface area contributed by atoms with Gasteiger partial charge in [0.25, 0.3) is 0 Å². The molecule has 0 spiro atoms. The fourth-order valence-electron chi connectivity index (χ4n) is 3.34. The van der Waals surface area contributed by atoms with E-state index in [4.69, 9.17) is 9.47 Å². The Kier molecular flexibility index (Phi) is 5.06. The SMILES string of the molecule is COC(=O)c1ccc(N2CCCC2)cc1OC1CCN(C)CC1. The van der Waals surface area contributed by atoms with Crippen molar-refractivity contribution in [3.63, 3.8) is 0 Å². The lowest BCUT2D eigenvalue weighted by Gasteiger charge is -2.30. The van der Waals surface area contributed by atoms with Crippen LogP contribution in [0.15, 0.2) is 18.2 Å². The summed E-state index contributed by atoms with van der Waals surface area (Å²) in [7, 11) is 3.54. The van der Waals surface area contributed by atoms with Crippen LogP contribution in [0.3, 0.4) is 0 Å². The Hall–Kier alpha value is -1.75. The largest absolute Gasteiger partial charge is 0.489 e. The van der Waals surface area contributed by atoms with E-state index in [1.165, 1.54) is 20.0 Å². The van der Waals surface area contributed by atoms with Crippen molar-refractivity contribution in [2.75, 3.05) is 45.2 Å². The number of benzene rings is 1. The summed E-state index contributed by atoms with van der Waals surface area (Å²) in [4.78, 5) is 16.7. The van der Waals surface area contributed by atoms with E-state index in [9.17, 15) is 4.79 Å². The fourth-order valence-corrected chi connectivity index (χ4v) is 3.34. The number of hydrogen-bond donors (Lipinski definition) is 0. The maximum atomic E-state index is 12.0. The standard InChI is InChI=1S/C18H26N2O3/c1-19-11-7-15(8-12-19)23-17-13-14(20-9-3-4-10-20)5-6-16(17)18(21)22-2/h5-6,13,15H,3-4,7-12H2,1-2H3. The van der Waals surface area contributed by atoms with E-state index < -0.39 is 0 Å². The van der Waals surface area contributed by atoms with Gasteiger partial charge in [0, 0.05) is 37.9 Å². The van der Waals surface area contributed by atoms with Crippen molar-refractivity contribution in [2.45, 2.75) is 31.8 Å². The van der Waals surface area contributed by atoms with Crippen LogP contribution in [0, 0.1) is 0 Å². The predicted octanol–water partition coefficient (Wildman–Crippen LogP) is 2.55. The van der Waals surface area contributed by atoms with Gasteiger partial charge >= 0.3 is 5.97 Å². The zero-order chi connectivity index (χ0) is 16.2. The minimum absolute atomic E-state index is 0.170. The molecule has 2 aliphatic heterocycles. The van der Waals surface area contributed by atoms with Crippen LogP contribution in [0.5, 0.6) is 5.75 Å². The third-order valence-corrected chi connectivity index (χ3v) is 4.80. The zero-order valence-electron chi connectivity index (χ0n) is 14.1. The van der Waals surface area contributed by atoms with Gasteiger partial charge in [0.15, 0.2) is 0 Å². The summed E-state index contributed by atoms with van der Waals surface area (Å²) >= 11 is 0. The Morgan fingerprint density at radius 2 is 1.83 bits per heavy atom. The molecule has 0 N–H and O–H groups in total. The van der Waals surface area contributed by atoms with Crippen molar-refractivity contribution < 1.29 is 14.3 Å². The molecule has 23 heavy (non-hydrogen) atoms. The highest BCUT2D eigenvalue weighted by Gasteiger charge is 2.23. The summed E-state index contributed by atoms with van der Waals surface area (Å²) in [5.41, 5.74) is 1.66. The van der Waals surface area contributed by atoms with Gasteiger partial charge in [-0.25, -0.2) is 4.79 Å². The lowest BCUT2D eigenvalue weighted by molar-refractivity contribution is 0.0586. The average molecular weight is 318 g/mol. The van der Waals surface area contributed by atoms with Crippen molar-refractivity contribution in [2.24, 2.45) is 0 Å². The third-order valence-electron chi connectivity index (χ3n) is 4.80. The molecule has 1 aromatic rings. The zero-order valence-corrected chi connectivity index (χ0v) is 14.1. The number of carbonyl (C=O) groups is 1. The van der Waals surface area contributed by atoms with Crippen LogP contribution in [-0.2, 0) is 4.74 Å². The molecule has 5 nitrogen and oxygen atoms in total. The van der Waals surface area contributed by atoms with E-state index in [2.05, 4.69) is 16.8 Å². The van der Waals surface area contributed by atoms with Crippen molar-refractivity contribution in [1.82, 2.24) is 4.90 Å². The van der Waals surface area contributed by atoms with Gasteiger partial charge in [-0.2, -0.15) is 0 Å². The molecule has 0 aliphatic carbocycles. The number of likely N-dealkylation sites (tertiary alicyclic amines) is 1. The number of methoxy groups -OCH3 is 1. The number of rotatable bonds is 4. The van der Waals surface area contributed by atoms with Crippen LogP contribution in [0.25, 0.3) is 0 Å². The van der Waals surface area contributed by atoms with E-state index in [1.807, 2.05) is 18.2 Å². The number of ether oxygens (including phenoxy) is 2. The number of nitrogens with zero attached hydrogens (tertiary/aromatic N) is 2. The molecule has 1 aromatic carbocycles. The molecule has 0 aromatic heterocycles. The molecule has 5 heteroatoms. The summed E-state index contributed by atoms with van der Waals surface area (Å²) in [5, 5.41) is 0. The van der Waals surface area contributed by atoms with Crippen LogP contribution in [-0.4, -0.2) is 57.3 Å². The second kappa shape index (κ2) is 7.21. The quantitative estimate of drug-likeness (QED) is 0.798. The van der Waals surface area contributed by atoms with Crippen molar-refractivity contribution in [3.05, 3.63) is 23.8 Å². The van der Waals surface area contributed by atoms with Crippen molar-refractivity contribution in [1.29, 1.82) is 0 Å². The first-order valence-electron chi connectivity index (χ1n) is 8.50. The van der Waals surface area contributed by atoms with Gasteiger partial charge in [0.1, 0.15) is 17.4 Å². The number of anilines is 1. The lowest BCUT2D eigenvalue weighted by Crippen LogP contribution is -2.36. The topological polar surface area (TPSA) is 42.0 Å². The molecule has 0 amide bonds. The van der Waals surface area contributed by atoms with Crippen LogP contribution in [0.1, 0.15) is 36.0 Å². The molecular weight excluding hydrogens is 292 g/mol. The predicted molar refractivity (Wildman–Crippen MR) is 90.4 cm³/mol. The first-order chi connectivity index (χ1) is 11.2. The molecule has 126 valence electrons. The average Bonchev–Trinajstić information content (AvgIpc) is 3.11. The smallest absolute Gasteiger partial charge is 0.341 e. The van der Waals surface area contributed by atoms with Crippen molar-refractivity contribution in [3.8, 4) is 5.75 Å². The first kappa shape index (κ1) is 16.1. The van der Waals surface area contributed by atoms with Gasteiger partial charge in [-0.1, -0.05) is 0 Å². The maximum absolute atomic E-state index is 12.0. The Bertz CT molecular complexity index is 547. The highest BCUT2D eigenvalue weighted by molar-refractivity contribution is 5.93.